The van der Waals surface area contributed by atoms with Gasteiger partial charge in [0.2, 0.25) is 5.91 Å². The zero-order chi connectivity index (χ0) is 23.5. The number of para-hydroxylation sites is 1. The normalized spacial score (nSPS) is 10.6. The smallest absolute Gasteiger partial charge is 0.295 e. The van der Waals surface area contributed by atoms with Crippen molar-refractivity contribution in [2.75, 3.05) is 5.32 Å². The molecule has 0 saturated heterocycles. The molecule has 4 rings (SSSR count). The van der Waals surface area contributed by atoms with Gasteiger partial charge in [0.15, 0.2) is 0 Å². The van der Waals surface area contributed by atoms with Crippen molar-refractivity contribution >= 4 is 17.5 Å². The summed E-state index contributed by atoms with van der Waals surface area (Å²) in [4.78, 5) is 36.9. The molecule has 0 spiro atoms. The first-order chi connectivity index (χ1) is 15.8. The molecule has 0 fully saturated rings. The van der Waals surface area contributed by atoms with Gasteiger partial charge in [-0.15, -0.1) is 0 Å². The number of benzene rings is 3. The highest BCUT2D eigenvalue weighted by Gasteiger charge is 2.18. The molecular weight excluding hydrogens is 420 g/mol. The maximum absolute atomic E-state index is 13.0. The highest BCUT2D eigenvalue weighted by Crippen LogP contribution is 2.23. The molecule has 166 valence electrons. The van der Waals surface area contributed by atoms with Gasteiger partial charge in [-0.2, -0.15) is 0 Å². The van der Waals surface area contributed by atoms with Gasteiger partial charge in [0, 0.05) is 18.2 Å². The van der Waals surface area contributed by atoms with Crippen molar-refractivity contribution in [3.8, 4) is 17.2 Å². The van der Waals surface area contributed by atoms with E-state index in [0.717, 1.165) is 0 Å². The topological polar surface area (TPSA) is 108 Å². The first-order valence-electron chi connectivity index (χ1n) is 10.2. The van der Waals surface area contributed by atoms with Crippen LogP contribution in [0.4, 0.5) is 5.69 Å². The maximum Gasteiger partial charge on any atom is 0.295 e. The van der Waals surface area contributed by atoms with Gasteiger partial charge in [-0.05, 0) is 67.6 Å². The van der Waals surface area contributed by atoms with E-state index >= 15 is 0 Å². The second kappa shape index (κ2) is 8.88. The van der Waals surface area contributed by atoms with Gasteiger partial charge in [-0.1, -0.05) is 18.2 Å². The second-order valence-corrected chi connectivity index (χ2v) is 7.41. The lowest BCUT2D eigenvalue weighted by atomic mass is 10.2. The van der Waals surface area contributed by atoms with E-state index in [1.807, 2.05) is 30.3 Å². The van der Waals surface area contributed by atoms with Crippen LogP contribution in [0.25, 0.3) is 5.69 Å². The Hall–Kier alpha value is -4.59. The van der Waals surface area contributed by atoms with E-state index in [-0.39, 0.29) is 11.2 Å². The molecule has 33 heavy (non-hydrogen) atoms. The Labute approximate surface area is 189 Å². The maximum atomic E-state index is 13.0. The Balaban J connectivity index is 1.50. The average molecular weight is 442 g/mol. The molecule has 4 aromatic rings. The van der Waals surface area contributed by atoms with Gasteiger partial charge in [0.05, 0.1) is 11.4 Å². The van der Waals surface area contributed by atoms with Crippen LogP contribution in [0.3, 0.4) is 0 Å². The molecule has 0 unspecified atom stereocenters. The van der Waals surface area contributed by atoms with Gasteiger partial charge in [0.25, 0.3) is 11.5 Å². The molecule has 3 aromatic carbocycles. The number of ether oxygens (including phenoxy) is 1. The summed E-state index contributed by atoms with van der Waals surface area (Å²) >= 11 is 0. The lowest BCUT2D eigenvalue weighted by Gasteiger charge is -2.08. The zero-order valence-corrected chi connectivity index (χ0v) is 18.1. The monoisotopic (exact) mass is 442 g/mol. The van der Waals surface area contributed by atoms with Gasteiger partial charge < -0.3 is 15.8 Å². The van der Waals surface area contributed by atoms with Crippen LogP contribution in [0.2, 0.25) is 0 Å². The minimum Gasteiger partial charge on any atom is -0.457 e. The summed E-state index contributed by atoms with van der Waals surface area (Å²) in [6.45, 7) is 1.77. The molecule has 8 heteroatoms. The van der Waals surface area contributed by atoms with Crippen molar-refractivity contribution in [1.29, 1.82) is 0 Å². The lowest BCUT2D eigenvalue weighted by molar-refractivity contribution is 0.0997. The summed E-state index contributed by atoms with van der Waals surface area (Å²) in [6.07, 6.45) is 0. The number of carbonyl (C=O) groups is 2. The Morgan fingerprint density at radius 3 is 1.94 bits per heavy atom. The van der Waals surface area contributed by atoms with E-state index in [2.05, 4.69) is 5.32 Å². The number of carbonyl (C=O) groups excluding carboxylic acids is 2. The molecule has 0 aliphatic rings. The highest BCUT2D eigenvalue weighted by molar-refractivity contribution is 6.04. The molecule has 0 aliphatic carbocycles. The Morgan fingerprint density at radius 2 is 1.39 bits per heavy atom. The number of nitrogens with two attached hydrogens (primary N) is 1. The second-order valence-electron chi connectivity index (χ2n) is 7.41. The third-order valence-electron chi connectivity index (χ3n) is 5.28. The van der Waals surface area contributed by atoms with Crippen LogP contribution in [-0.2, 0) is 7.05 Å². The van der Waals surface area contributed by atoms with Crippen molar-refractivity contribution in [2.45, 2.75) is 6.92 Å². The predicted octanol–water partition coefficient (Wildman–Crippen LogP) is 3.63. The van der Waals surface area contributed by atoms with E-state index < -0.39 is 11.8 Å². The summed E-state index contributed by atoms with van der Waals surface area (Å²) in [5.41, 5.74) is 7.25. The molecule has 1 aromatic heterocycles. The molecule has 0 saturated carbocycles. The van der Waals surface area contributed by atoms with Crippen molar-refractivity contribution in [3.05, 3.63) is 106 Å². The molecule has 3 N–H and O–H groups in total. The fourth-order valence-electron chi connectivity index (χ4n) is 3.40. The third-order valence-corrected chi connectivity index (χ3v) is 5.28. The number of hydrogen-bond donors (Lipinski definition) is 2. The summed E-state index contributed by atoms with van der Waals surface area (Å²) in [5.74, 6) is 0.124. The molecule has 2 amide bonds. The number of rotatable bonds is 6. The van der Waals surface area contributed by atoms with Crippen LogP contribution in [0.5, 0.6) is 11.5 Å². The van der Waals surface area contributed by atoms with Gasteiger partial charge in [0.1, 0.15) is 17.2 Å². The Morgan fingerprint density at radius 1 is 0.848 bits per heavy atom. The van der Waals surface area contributed by atoms with Gasteiger partial charge in [-0.25, -0.2) is 4.68 Å². The first kappa shape index (κ1) is 21.6. The number of aromatic nitrogens is 2. The van der Waals surface area contributed by atoms with Crippen LogP contribution in [0, 0.1) is 6.92 Å². The third kappa shape index (κ3) is 4.40. The van der Waals surface area contributed by atoms with Crippen molar-refractivity contribution < 1.29 is 14.3 Å². The lowest BCUT2D eigenvalue weighted by Crippen LogP contribution is -2.22. The SMILES string of the molecule is Cc1c(NC(=O)c2ccc(Oc3ccc(C(N)=O)cc3)cc2)c(=O)n(-c2ccccc2)n1C. The fourth-order valence-corrected chi connectivity index (χ4v) is 3.40. The number of amides is 2. The molecular formula is C25H22N4O4. The largest absolute Gasteiger partial charge is 0.457 e. The minimum atomic E-state index is -0.513. The van der Waals surface area contributed by atoms with Crippen molar-refractivity contribution in [1.82, 2.24) is 9.36 Å². The van der Waals surface area contributed by atoms with Gasteiger partial charge in [-0.3, -0.25) is 19.1 Å². The van der Waals surface area contributed by atoms with E-state index in [1.165, 1.54) is 4.68 Å². The number of hydrogen-bond acceptors (Lipinski definition) is 4. The molecule has 1 heterocycles. The number of nitrogens with zero attached hydrogens (tertiary/aromatic N) is 2. The molecule has 0 radical (unpaired) electrons. The predicted molar refractivity (Wildman–Crippen MR) is 125 cm³/mol. The van der Waals surface area contributed by atoms with Crippen LogP contribution in [-0.4, -0.2) is 21.2 Å². The van der Waals surface area contributed by atoms with E-state index in [0.29, 0.717) is 34.0 Å². The fraction of sp³-hybridized carbons (Fsp3) is 0.0800. The summed E-state index contributed by atoms with van der Waals surface area (Å²) < 4.78 is 8.94. The molecule has 8 nitrogen and oxygen atoms in total. The highest BCUT2D eigenvalue weighted by atomic mass is 16.5. The quantitative estimate of drug-likeness (QED) is 0.475. The van der Waals surface area contributed by atoms with Crippen molar-refractivity contribution in [3.63, 3.8) is 0 Å². The van der Waals surface area contributed by atoms with Crippen LogP contribution >= 0.6 is 0 Å². The number of nitrogens with one attached hydrogen (secondary N) is 1. The van der Waals surface area contributed by atoms with E-state index in [1.54, 1.807) is 67.2 Å². The minimum absolute atomic E-state index is 0.223. The Kier molecular flexibility index (Phi) is 5.82. The van der Waals surface area contributed by atoms with Crippen molar-refractivity contribution in [2.24, 2.45) is 12.8 Å². The summed E-state index contributed by atoms with van der Waals surface area (Å²) in [7, 11) is 1.77. The molecule has 0 atom stereocenters. The average Bonchev–Trinajstić information content (AvgIpc) is 3.03. The first-order valence-corrected chi connectivity index (χ1v) is 10.2. The van der Waals surface area contributed by atoms with Crippen LogP contribution < -0.4 is 21.3 Å². The molecule has 0 bridgehead atoms. The number of primary amides is 1. The standard InChI is InChI=1S/C25H22N4O4/c1-16-22(25(32)29(28(16)2)19-6-4-3-5-7-19)27-24(31)18-10-14-21(15-11-18)33-20-12-8-17(9-13-20)23(26)30/h3-15H,1-2H3,(H2,26,30)(H,27,31). The van der Waals surface area contributed by atoms with E-state index in [4.69, 9.17) is 10.5 Å². The Bertz CT molecular complexity index is 1370. The number of anilines is 1. The summed E-state index contributed by atoms with van der Waals surface area (Å²) in [5, 5.41) is 2.73. The van der Waals surface area contributed by atoms with Crippen LogP contribution in [0.15, 0.2) is 83.7 Å². The van der Waals surface area contributed by atoms with E-state index in [9.17, 15) is 14.4 Å². The summed E-state index contributed by atoms with van der Waals surface area (Å²) in [6, 6.07) is 22.1. The zero-order valence-electron chi connectivity index (χ0n) is 18.1. The van der Waals surface area contributed by atoms with Crippen LogP contribution in [0.1, 0.15) is 26.4 Å². The van der Waals surface area contributed by atoms with Gasteiger partial charge >= 0.3 is 0 Å². The molecule has 0 aliphatic heterocycles.